The maximum atomic E-state index is 13.8. The molecule has 1 rings (SSSR count). The molecule has 0 aliphatic rings. The van der Waals surface area contributed by atoms with E-state index < -0.39 is 38.7 Å². The summed E-state index contributed by atoms with van der Waals surface area (Å²) in [6.45, 7) is 2.64. The van der Waals surface area contributed by atoms with Crippen molar-refractivity contribution in [1.29, 1.82) is 0 Å². The van der Waals surface area contributed by atoms with Gasteiger partial charge in [-0.2, -0.15) is 0 Å². The number of hydrogen-bond acceptors (Lipinski definition) is 3. The van der Waals surface area contributed by atoms with Crippen LogP contribution in [-0.2, 0) is 16.3 Å². The summed E-state index contributed by atoms with van der Waals surface area (Å²) in [5, 5.41) is 9.98. The van der Waals surface area contributed by atoms with Crippen LogP contribution in [0.4, 0.5) is 8.78 Å². The molecule has 0 aliphatic heterocycles. The number of aliphatic hydroxyl groups is 1. The third kappa shape index (κ3) is 3.32. The van der Waals surface area contributed by atoms with Gasteiger partial charge in [0.1, 0.15) is 11.6 Å². The Morgan fingerprint density at radius 2 is 1.89 bits per heavy atom. The number of sulfone groups is 1. The Morgan fingerprint density at radius 3 is 2.37 bits per heavy atom. The van der Waals surface area contributed by atoms with Gasteiger partial charge in [0.15, 0.2) is 9.84 Å². The van der Waals surface area contributed by atoms with Crippen LogP contribution in [0.15, 0.2) is 16.6 Å². The molecule has 0 spiro atoms. The number of benzene rings is 1. The molecule has 0 saturated carbocycles. The Labute approximate surface area is 119 Å². The summed E-state index contributed by atoms with van der Waals surface area (Å²) in [6, 6.07) is 2.27. The highest BCUT2D eigenvalue weighted by Crippen LogP contribution is 2.27. The second kappa shape index (κ2) is 5.46. The molecular weight excluding hydrogens is 342 g/mol. The predicted molar refractivity (Wildman–Crippen MR) is 72.7 cm³/mol. The third-order valence-electron chi connectivity index (χ3n) is 3.29. The van der Waals surface area contributed by atoms with E-state index in [2.05, 4.69) is 15.9 Å². The topological polar surface area (TPSA) is 54.4 Å². The normalized spacial score (nSPS) is 14.5. The highest BCUT2D eigenvalue weighted by Gasteiger charge is 2.38. The quantitative estimate of drug-likeness (QED) is 0.843. The highest BCUT2D eigenvalue weighted by atomic mass is 79.9. The minimum absolute atomic E-state index is 0.0632. The molecule has 1 aromatic carbocycles. The van der Waals surface area contributed by atoms with Crippen molar-refractivity contribution < 1.29 is 22.3 Å². The summed E-state index contributed by atoms with van der Waals surface area (Å²) in [6.07, 6.45) is -0.859. The molecule has 1 unspecified atom stereocenters. The summed E-state index contributed by atoms with van der Waals surface area (Å²) >= 11 is 2.92. The number of rotatable bonds is 4. The molecule has 0 radical (unpaired) electrons. The van der Waals surface area contributed by atoms with Gasteiger partial charge < -0.3 is 5.11 Å². The van der Waals surface area contributed by atoms with Gasteiger partial charge in [-0.05, 0) is 41.9 Å². The van der Waals surface area contributed by atoms with Crippen LogP contribution in [0.5, 0.6) is 0 Å². The van der Waals surface area contributed by atoms with Crippen molar-refractivity contribution in [3.05, 3.63) is 33.8 Å². The van der Waals surface area contributed by atoms with Crippen molar-refractivity contribution >= 4 is 25.8 Å². The fraction of sp³-hybridized carbons (Fsp3) is 0.500. The van der Waals surface area contributed by atoms with Crippen molar-refractivity contribution in [2.75, 3.05) is 6.26 Å². The molecule has 0 saturated heterocycles. The zero-order chi connectivity index (χ0) is 15.0. The number of halogens is 3. The average molecular weight is 357 g/mol. The van der Waals surface area contributed by atoms with Crippen LogP contribution in [0, 0.1) is 11.6 Å². The third-order valence-corrected chi connectivity index (χ3v) is 6.09. The Kier molecular flexibility index (Phi) is 4.75. The van der Waals surface area contributed by atoms with E-state index in [0.717, 1.165) is 12.3 Å². The van der Waals surface area contributed by atoms with Crippen LogP contribution >= 0.6 is 15.9 Å². The Hall–Kier alpha value is -0.530. The van der Waals surface area contributed by atoms with Crippen LogP contribution in [0.3, 0.4) is 0 Å². The van der Waals surface area contributed by atoms with E-state index in [4.69, 9.17) is 0 Å². The first kappa shape index (κ1) is 16.5. The molecule has 108 valence electrons. The van der Waals surface area contributed by atoms with Gasteiger partial charge in [0.05, 0.1) is 15.3 Å². The van der Waals surface area contributed by atoms with Crippen LogP contribution < -0.4 is 0 Å². The molecule has 1 aromatic rings. The average Bonchev–Trinajstić information content (AvgIpc) is 2.27. The van der Waals surface area contributed by atoms with Gasteiger partial charge in [0.2, 0.25) is 0 Å². The lowest BCUT2D eigenvalue weighted by atomic mass is 9.98. The van der Waals surface area contributed by atoms with Crippen molar-refractivity contribution in [3.8, 4) is 0 Å². The summed E-state index contributed by atoms with van der Waals surface area (Å²) in [5.74, 6) is -1.65. The zero-order valence-corrected chi connectivity index (χ0v) is 13.1. The van der Waals surface area contributed by atoms with Crippen molar-refractivity contribution in [2.24, 2.45) is 0 Å². The monoisotopic (exact) mass is 356 g/mol. The minimum Gasteiger partial charge on any atom is -0.391 e. The minimum atomic E-state index is -3.56. The molecule has 0 aliphatic carbocycles. The smallest absolute Gasteiger partial charge is 0.155 e. The molecule has 7 heteroatoms. The maximum Gasteiger partial charge on any atom is 0.155 e. The first-order valence-electron chi connectivity index (χ1n) is 5.48. The second-order valence-corrected chi connectivity index (χ2v) is 8.37. The van der Waals surface area contributed by atoms with Gasteiger partial charge in [-0.1, -0.05) is 0 Å². The Bertz CT molecular complexity index is 585. The van der Waals surface area contributed by atoms with Crippen molar-refractivity contribution in [3.63, 3.8) is 0 Å². The molecule has 3 nitrogen and oxygen atoms in total. The molecule has 19 heavy (non-hydrogen) atoms. The lowest BCUT2D eigenvalue weighted by molar-refractivity contribution is 0.135. The van der Waals surface area contributed by atoms with Crippen LogP contribution in [-0.4, -0.2) is 30.6 Å². The van der Waals surface area contributed by atoms with Crippen LogP contribution in [0.25, 0.3) is 0 Å². The summed E-state index contributed by atoms with van der Waals surface area (Å²) in [4.78, 5) is 0. The predicted octanol–water partition coefficient (Wildman–Crippen LogP) is 2.45. The molecule has 1 atom stereocenters. The van der Waals surface area contributed by atoms with Crippen molar-refractivity contribution in [2.45, 2.75) is 31.1 Å². The van der Waals surface area contributed by atoms with Gasteiger partial charge in [0, 0.05) is 18.2 Å². The Balaban J connectivity index is 3.15. The van der Waals surface area contributed by atoms with Crippen LogP contribution in [0.1, 0.15) is 19.4 Å². The second-order valence-electron chi connectivity index (χ2n) is 4.92. The zero-order valence-electron chi connectivity index (χ0n) is 10.7. The van der Waals surface area contributed by atoms with E-state index in [1.807, 2.05) is 0 Å². The van der Waals surface area contributed by atoms with E-state index in [1.54, 1.807) is 0 Å². The Morgan fingerprint density at radius 1 is 1.37 bits per heavy atom. The van der Waals surface area contributed by atoms with Gasteiger partial charge in [-0.3, -0.25) is 0 Å². The molecule has 1 N–H and O–H groups in total. The fourth-order valence-electron chi connectivity index (χ4n) is 1.44. The van der Waals surface area contributed by atoms with E-state index in [9.17, 15) is 22.3 Å². The first-order valence-corrected chi connectivity index (χ1v) is 8.17. The van der Waals surface area contributed by atoms with E-state index in [1.165, 1.54) is 19.9 Å². The fourth-order valence-corrected chi connectivity index (χ4v) is 2.39. The highest BCUT2D eigenvalue weighted by molar-refractivity contribution is 9.10. The molecule has 0 bridgehead atoms. The molecular formula is C12H15BrF2O3S. The molecule has 0 aromatic heterocycles. The summed E-state index contributed by atoms with van der Waals surface area (Å²) < 4.78 is 49.0. The maximum absolute atomic E-state index is 13.8. The standard InChI is InChI=1S/C12H15BrF2O3S/c1-12(2,19(3,17)18)10(16)6-7-9(14)5-4-8(13)11(7)15/h4-5,10,16H,6H2,1-3H3. The van der Waals surface area contributed by atoms with E-state index in [0.29, 0.717) is 0 Å². The summed E-state index contributed by atoms with van der Waals surface area (Å²) in [7, 11) is -3.56. The molecule has 0 fully saturated rings. The van der Waals surface area contributed by atoms with Crippen molar-refractivity contribution in [1.82, 2.24) is 0 Å². The largest absolute Gasteiger partial charge is 0.391 e. The first-order chi connectivity index (χ1) is 8.48. The number of aliphatic hydroxyl groups excluding tert-OH is 1. The SMILES string of the molecule is CC(C)(C(O)Cc1c(F)ccc(Br)c1F)S(C)(=O)=O. The van der Waals surface area contributed by atoms with Gasteiger partial charge >= 0.3 is 0 Å². The van der Waals surface area contributed by atoms with Gasteiger partial charge in [0.25, 0.3) is 0 Å². The molecule has 0 heterocycles. The summed E-state index contributed by atoms with van der Waals surface area (Å²) in [5.41, 5.74) is -0.335. The molecule has 0 amide bonds. The van der Waals surface area contributed by atoms with Gasteiger partial charge in [-0.25, -0.2) is 17.2 Å². The lowest BCUT2D eigenvalue weighted by Gasteiger charge is -2.28. The van der Waals surface area contributed by atoms with E-state index >= 15 is 0 Å². The van der Waals surface area contributed by atoms with E-state index in [-0.39, 0.29) is 10.0 Å². The number of hydrogen-bond donors (Lipinski definition) is 1. The van der Waals surface area contributed by atoms with Gasteiger partial charge in [-0.15, -0.1) is 0 Å². The lowest BCUT2D eigenvalue weighted by Crippen LogP contribution is -2.44. The van der Waals surface area contributed by atoms with Crippen LogP contribution in [0.2, 0.25) is 0 Å².